The number of carbonyl (C=O) groups is 1. The summed E-state index contributed by atoms with van der Waals surface area (Å²) in [4.78, 5) is 15.2. The van der Waals surface area contributed by atoms with Crippen LogP contribution in [0.15, 0.2) is 95.8 Å². The number of aromatic nitrogens is 1. The minimum absolute atomic E-state index is 0.854. The van der Waals surface area contributed by atoms with Crippen molar-refractivity contribution in [3.63, 3.8) is 0 Å². The van der Waals surface area contributed by atoms with E-state index in [0.29, 0.717) is 0 Å². The van der Waals surface area contributed by atoms with Crippen LogP contribution in [-0.4, -0.2) is 16.1 Å². The first-order chi connectivity index (χ1) is 15.7. The van der Waals surface area contributed by atoms with Gasteiger partial charge in [-0.1, -0.05) is 85.8 Å². The highest BCUT2D eigenvalue weighted by molar-refractivity contribution is 7.07. The minimum Gasteiger partial charge on any atom is -0.478 e. The zero-order valence-corrected chi connectivity index (χ0v) is 18.5. The van der Waals surface area contributed by atoms with E-state index in [4.69, 9.17) is 5.11 Å². The van der Waals surface area contributed by atoms with Crippen LogP contribution in [0.2, 0.25) is 0 Å². The fourth-order valence-electron chi connectivity index (χ4n) is 3.77. The largest absolute Gasteiger partial charge is 0.478 e. The summed E-state index contributed by atoms with van der Waals surface area (Å²) in [5, 5.41) is 10.9. The fourth-order valence-corrected chi connectivity index (χ4v) is 4.33. The lowest BCUT2D eigenvalue weighted by Gasteiger charge is -2.17. The molecule has 3 aromatic carbocycles. The first-order valence-corrected chi connectivity index (χ1v) is 11.4. The van der Waals surface area contributed by atoms with Crippen molar-refractivity contribution >= 4 is 34.5 Å². The third-order valence-electron chi connectivity index (χ3n) is 5.30. The molecule has 0 bridgehead atoms. The molecule has 1 heterocycles. The highest BCUT2D eigenvalue weighted by Gasteiger charge is 2.13. The van der Waals surface area contributed by atoms with Gasteiger partial charge in [-0.3, -0.25) is 0 Å². The lowest BCUT2D eigenvalue weighted by molar-refractivity contribution is -0.131. The van der Waals surface area contributed by atoms with Gasteiger partial charge in [0, 0.05) is 17.0 Å². The number of hydrogen-bond donors (Lipinski definition) is 1. The fraction of sp³-hybridized carbons (Fsp3) is 0.0714. The van der Waals surface area contributed by atoms with Gasteiger partial charge in [0.05, 0.1) is 11.2 Å². The number of nitrogens with zero attached hydrogens (tertiary/aromatic N) is 1. The third-order valence-corrected chi connectivity index (χ3v) is 5.88. The number of allylic oxidation sites excluding steroid dienone is 1. The molecule has 0 fully saturated rings. The quantitative estimate of drug-likeness (QED) is 0.244. The van der Waals surface area contributed by atoms with Crippen molar-refractivity contribution in [3.05, 3.63) is 118 Å². The predicted octanol–water partition coefficient (Wildman–Crippen LogP) is 7.28. The second kappa shape index (κ2) is 10.0. The van der Waals surface area contributed by atoms with Crippen LogP contribution in [0.3, 0.4) is 0 Å². The Labute approximate surface area is 192 Å². The molecule has 1 N–H and O–H groups in total. The monoisotopic (exact) mass is 437 g/mol. The maximum absolute atomic E-state index is 10.8. The minimum atomic E-state index is -0.952. The molecule has 4 rings (SSSR count). The summed E-state index contributed by atoms with van der Waals surface area (Å²) in [7, 11) is 0. The average molecular weight is 438 g/mol. The number of benzene rings is 3. The van der Waals surface area contributed by atoms with Crippen molar-refractivity contribution in [1.29, 1.82) is 0 Å². The van der Waals surface area contributed by atoms with Crippen LogP contribution in [0.5, 0.6) is 0 Å². The smallest absolute Gasteiger partial charge is 0.328 e. The summed E-state index contributed by atoms with van der Waals surface area (Å²) in [6, 6.07) is 27.0. The molecule has 0 aliphatic rings. The van der Waals surface area contributed by atoms with Crippen molar-refractivity contribution in [2.75, 3.05) is 0 Å². The summed E-state index contributed by atoms with van der Waals surface area (Å²) < 4.78 is 0. The van der Waals surface area contributed by atoms with Gasteiger partial charge in [0.2, 0.25) is 0 Å². The molecule has 0 radical (unpaired) electrons. The number of rotatable bonds is 7. The maximum atomic E-state index is 10.8. The zero-order chi connectivity index (χ0) is 22.3. The van der Waals surface area contributed by atoms with Gasteiger partial charge in [-0.2, -0.15) is 0 Å². The van der Waals surface area contributed by atoms with Gasteiger partial charge in [0.25, 0.3) is 0 Å². The van der Waals surface area contributed by atoms with E-state index in [-0.39, 0.29) is 0 Å². The van der Waals surface area contributed by atoms with E-state index in [2.05, 4.69) is 78.0 Å². The standard InChI is InChI=1S/C28H23NO2S/c1-2-25(21-6-4-3-5-7-21)28(23-11-8-20(9-12-23)10-17-27(30)31)24-15-13-22(14-16-24)26-18-32-19-29-26/h3-19H,2H2,1H3,(H,30,31)/b17-10+,28-25+. The van der Waals surface area contributed by atoms with Gasteiger partial charge in [0.15, 0.2) is 0 Å². The molecule has 0 aliphatic carbocycles. The summed E-state index contributed by atoms with van der Waals surface area (Å²) in [6.45, 7) is 2.18. The van der Waals surface area contributed by atoms with Gasteiger partial charge in [-0.05, 0) is 45.9 Å². The molecule has 0 atom stereocenters. The van der Waals surface area contributed by atoms with Crippen LogP contribution < -0.4 is 0 Å². The number of carboxylic acid groups (broad SMARTS) is 1. The maximum Gasteiger partial charge on any atom is 0.328 e. The molecule has 0 amide bonds. The van der Waals surface area contributed by atoms with Crippen molar-refractivity contribution in [2.24, 2.45) is 0 Å². The lowest BCUT2D eigenvalue weighted by atomic mass is 9.87. The second-order valence-corrected chi connectivity index (χ2v) is 8.04. The Kier molecular flexibility index (Phi) is 6.73. The van der Waals surface area contributed by atoms with E-state index >= 15 is 0 Å². The Bertz CT molecular complexity index is 1240. The van der Waals surface area contributed by atoms with E-state index in [1.54, 1.807) is 17.4 Å². The van der Waals surface area contributed by atoms with Crippen LogP contribution in [0.1, 0.15) is 35.6 Å². The number of thiazole rings is 1. The Morgan fingerprint density at radius 2 is 1.56 bits per heavy atom. The summed E-state index contributed by atoms with van der Waals surface area (Å²) in [5.41, 5.74) is 10.7. The average Bonchev–Trinajstić information content (AvgIpc) is 3.37. The van der Waals surface area contributed by atoms with Gasteiger partial charge >= 0.3 is 5.97 Å². The summed E-state index contributed by atoms with van der Waals surface area (Å²) in [5.74, 6) is -0.952. The second-order valence-electron chi connectivity index (χ2n) is 7.32. The SMILES string of the molecule is CC/C(=C(/c1ccc(/C=C/C(=O)O)cc1)c1ccc(-c2cscn2)cc1)c1ccccc1. The summed E-state index contributed by atoms with van der Waals surface area (Å²) in [6.07, 6.45) is 3.65. The summed E-state index contributed by atoms with van der Waals surface area (Å²) >= 11 is 1.59. The Morgan fingerprint density at radius 1 is 0.906 bits per heavy atom. The van der Waals surface area contributed by atoms with Gasteiger partial charge in [-0.25, -0.2) is 9.78 Å². The molecule has 0 aliphatic heterocycles. The molecule has 0 saturated heterocycles. The normalized spacial score (nSPS) is 12.0. The number of carboxylic acids is 1. The van der Waals surface area contributed by atoms with E-state index in [1.807, 2.05) is 23.7 Å². The Hall–Kier alpha value is -3.76. The highest BCUT2D eigenvalue weighted by Crippen LogP contribution is 2.35. The Morgan fingerprint density at radius 3 is 2.12 bits per heavy atom. The van der Waals surface area contributed by atoms with Crippen molar-refractivity contribution in [1.82, 2.24) is 4.98 Å². The highest BCUT2D eigenvalue weighted by atomic mass is 32.1. The number of aliphatic carboxylic acids is 1. The molecule has 3 nitrogen and oxygen atoms in total. The van der Waals surface area contributed by atoms with E-state index in [1.165, 1.54) is 16.7 Å². The molecular formula is C28H23NO2S. The van der Waals surface area contributed by atoms with Crippen molar-refractivity contribution < 1.29 is 9.90 Å². The van der Waals surface area contributed by atoms with Crippen LogP contribution >= 0.6 is 11.3 Å². The Balaban J connectivity index is 1.82. The topological polar surface area (TPSA) is 50.2 Å². The van der Waals surface area contributed by atoms with Gasteiger partial charge in [-0.15, -0.1) is 11.3 Å². The first kappa shape index (κ1) is 21.5. The van der Waals surface area contributed by atoms with Gasteiger partial charge < -0.3 is 5.11 Å². The molecular weight excluding hydrogens is 414 g/mol. The van der Waals surface area contributed by atoms with Crippen molar-refractivity contribution in [2.45, 2.75) is 13.3 Å². The zero-order valence-electron chi connectivity index (χ0n) is 17.7. The van der Waals surface area contributed by atoms with E-state index in [9.17, 15) is 4.79 Å². The van der Waals surface area contributed by atoms with Crippen molar-refractivity contribution in [3.8, 4) is 11.3 Å². The third kappa shape index (κ3) is 4.93. The van der Waals surface area contributed by atoms with Gasteiger partial charge in [0.1, 0.15) is 0 Å². The van der Waals surface area contributed by atoms with E-state index < -0.39 is 5.97 Å². The molecule has 0 unspecified atom stereocenters. The molecule has 0 saturated carbocycles. The van der Waals surface area contributed by atoms with Crippen LogP contribution in [0, 0.1) is 0 Å². The molecule has 4 heteroatoms. The van der Waals surface area contributed by atoms with E-state index in [0.717, 1.165) is 40.4 Å². The molecule has 1 aromatic heterocycles. The van der Waals surface area contributed by atoms with Crippen LogP contribution in [0.4, 0.5) is 0 Å². The molecule has 4 aromatic rings. The molecule has 0 spiro atoms. The van der Waals surface area contributed by atoms with Crippen LogP contribution in [0.25, 0.3) is 28.5 Å². The lowest BCUT2D eigenvalue weighted by Crippen LogP contribution is -1.95. The van der Waals surface area contributed by atoms with Crippen LogP contribution in [-0.2, 0) is 4.79 Å². The number of hydrogen-bond acceptors (Lipinski definition) is 3. The molecule has 158 valence electrons. The first-order valence-electron chi connectivity index (χ1n) is 10.4. The molecule has 32 heavy (non-hydrogen) atoms. The predicted molar refractivity (Wildman–Crippen MR) is 133 cm³/mol.